The number of hydrogen-bond donors (Lipinski definition) is 0. The maximum Gasteiger partial charge on any atom is 0.134 e. The van der Waals surface area contributed by atoms with E-state index in [1.807, 2.05) is 23.5 Å². The zero-order valence-corrected chi connectivity index (χ0v) is 21.8. The van der Waals surface area contributed by atoms with Gasteiger partial charge in [0.1, 0.15) is 11.5 Å². The van der Waals surface area contributed by atoms with Crippen LogP contribution in [0.3, 0.4) is 0 Å². The summed E-state index contributed by atoms with van der Waals surface area (Å²) in [4.78, 5) is 0. The lowest BCUT2D eigenvalue weighted by atomic mass is 9.88. The molecule has 3 heteroatoms. The monoisotopic (exact) mass is 518 g/mol. The van der Waals surface area contributed by atoms with Crippen molar-refractivity contribution in [1.82, 2.24) is 0 Å². The van der Waals surface area contributed by atoms with Gasteiger partial charge in [-0.15, -0.1) is 11.3 Å². The van der Waals surface area contributed by atoms with Gasteiger partial charge in [-0.05, 0) is 117 Å². The molecule has 0 spiro atoms. The van der Waals surface area contributed by atoms with Crippen LogP contribution in [0.4, 0.5) is 0 Å². The molecular formula is C36H22O2S. The minimum absolute atomic E-state index is 0.898. The van der Waals surface area contributed by atoms with Crippen molar-refractivity contribution in [2.75, 3.05) is 0 Å². The van der Waals surface area contributed by atoms with Gasteiger partial charge in [0.05, 0.1) is 12.5 Å². The van der Waals surface area contributed by atoms with Crippen molar-refractivity contribution < 1.29 is 8.83 Å². The SMILES string of the molecule is C1=Cc2cc3c(cc2CC1)c(-c1ccco1)cc1sc2cc(-c4ccco4)c4cc5ccccc5cc4c2c13. The van der Waals surface area contributed by atoms with Gasteiger partial charge >= 0.3 is 0 Å². The smallest absolute Gasteiger partial charge is 0.134 e. The minimum atomic E-state index is 0.898. The summed E-state index contributed by atoms with van der Waals surface area (Å²) in [5.41, 5.74) is 5.03. The second kappa shape index (κ2) is 7.95. The van der Waals surface area contributed by atoms with Gasteiger partial charge in [0.15, 0.2) is 0 Å². The molecule has 0 aliphatic heterocycles. The van der Waals surface area contributed by atoms with E-state index in [1.165, 1.54) is 63.6 Å². The summed E-state index contributed by atoms with van der Waals surface area (Å²) in [7, 11) is 0. The number of fused-ring (bicyclic) bond motifs is 9. The first-order valence-electron chi connectivity index (χ1n) is 13.4. The van der Waals surface area contributed by atoms with E-state index in [0.29, 0.717) is 0 Å². The van der Waals surface area contributed by atoms with Crippen LogP contribution in [-0.4, -0.2) is 0 Å². The van der Waals surface area contributed by atoms with Crippen molar-refractivity contribution in [2.45, 2.75) is 12.8 Å². The number of hydrogen-bond acceptors (Lipinski definition) is 3. The molecule has 9 rings (SSSR count). The first-order valence-corrected chi connectivity index (χ1v) is 14.2. The van der Waals surface area contributed by atoms with E-state index in [-0.39, 0.29) is 0 Å². The second-order valence-electron chi connectivity index (χ2n) is 10.4. The van der Waals surface area contributed by atoms with Crippen molar-refractivity contribution in [2.24, 2.45) is 0 Å². The highest BCUT2D eigenvalue weighted by atomic mass is 32.1. The van der Waals surface area contributed by atoms with E-state index in [9.17, 15) is 0 Å². The van der Waals surface area contributed by atoms with E-state index in [1.54, 1.807) is 12.5 Å². The van der Waals surface area contributed by atoms with Crippen molar-refractivity contribution in [3.63, 3.8) is 0 Å². The Hall–Kier alpha value is -4.60. The van der Waals surface area contributed by atoms with E-state index < -0.39 is 0 Å². The Morgan fingerprint density at radius 2 is 1.21 bits per heavy atom. The van der Waals surface area contributed by atoms with Gasteiger partial charge in [-0.25, -0.2) is 0 Å². The third kappa shape index (κ3) is 3.08. The van der Waals surface area contributed by atoms with Gasteiger partial charge in [0.2, 0.25) is 0 Å². The van der Waals surface area contributed by atoms with E-state index in [0.717, 1.165) is 35.5 Å². The summed E-state index contributed by atoms with van der Waals surface area (Å²) in [5, 5.41) is 10.2. The highest BCUT2D eigenvalue weighted by Gasteiger charge is 2.21. The van der Waals surface area contributed by atoms with E-state index in [4.69, 9.17) is 8.83 Å². The normalized spacial score (nSPS) is 13.3. The van der Waals surface area contributed by atoms with Crippen LogP contribution >= 0.6 is 11.3 Å². The quantitative estimate of drug-likeness (QED) is 0.213. The maximum atomic E-state index is 5.96. The second-order valence-corrected chi connectivity index (χ2v) is 11.5. The molecular weight excluding hydrogens is 496 g/mol. The van der Waals surface area contributed by atoms with E-state index in [2.05, 4.69) is 84.9 Å². The third-order valence-electron chi connectivity index (χ3n) is 8.25. The molecule has 0 atom stereocenters. The Balaban J connectivity index is 1.52. The molecule has 184 valence electrons. The summed E-state index contributed by atoms with van der Waals surface area (Å²) in [5.74, 6) is 1.81. The molecule has 39 heavy (non-hydrogen) atoms. The van der Waals surface area contributed by atoms with Crippen LogP contribution in [-0.2, 0) is 6.42 Å². The van der Waals surface area contributed by atoms with Gasteiger partial charge in [-0.2, -0.15) is 0 Å². The lowest BCUT2D eigenvalue weighted by Gasteiger charge is -2.15. The fourth-order valence-electron chi connectivity index (χ4n) is 6.48. The minimum Gasteiger partial charge on any atom is -0.464 e. The van der Waals surface area contributed by atoms with E-state index >= 15 is 0 Å². The first-order chi connectivity index (χ1) is 19.3. The van der Waals surface area contributed by atoms with Crippen LogP contribution in [0, 0.1) is 0 Å². The number of aryl methyl sites for hydroxylation is 1. The van der Waals surface area contributed by atoms with Crippen LogP contribution in [0.5, 0.6) is 0 Å². The molecule has 5 aromatic carbocycles. The van der Waals surface area contributed by atoms with Crippen molar-refractivity contribution in [3.8, 4) is 22.6 Å². The van der Waals surface area contributed by atoms with Gasteiger partial charge in [0.25, 0.3) is 0 Å². The lowest BCUT2D eigenvalue weighted by Crippen LogP contribution is -1.95. The number of thiophene rings is 1. The van der Waals surface area contributed by atoms with Crippen molar-refractivity contribution in [3.05, 3.63) is 115 Å². The molecule has 1 aliphatic carbocycles. The van der Waals surface area contributed by atoms with Crippen LogP contribution in [0.25, 0.3) is 81.2 Å². The summed E-state index contributed by atoms with van der Waals surface area (Å²) >= 11 is 1.86. The Labute approximate surface area is 228 Å². The molecule has 3 heterocycles. The lowest BCUT2D eigenvalue weighted by molar-refractivity contribution is 0.583. The highest BCUT2D eigenvalue weighted by Crippen LogP contribution is 2.48. The standard InChI is InChI=1S/C36H22O2S/c1-3-9-23-17-29-25(15-21(23)7-1)27(31-11-5-13-37-31)19-33-35(29)36-30-18-24-10-4-2-8-22(24)16-26(30)28(20-34(36)39-33)32-12-6-14-38-32/h1,3-7,9-20H,2,8H2. The summed E-state index contributed by atoms with van der Waals surface area (Å²) in [6.07, 6.45) is 10.3. The zero-order chi connectivity index (χ0) is 25.5. The average molecular weight is 519 g/mol. The van der Waals surface area contributed by atoms with Crippen molar-refractivity contribution in [1.29, 1.82) is 0 Å². The molecule has 0 unspecified atom stereocenters. The van der Waals surface area contributed by atoms with Crippen LogP contribution < -0.4 is 0 Å². The predicted molar refractivity (Wildman–Crippen MR) is 165 cm³/mol. The number of furan rings is 2. The maximum absolute atomic E-state index is 5.96. The Kier molecular flexibility index (Phi) is 4.35. The van der Waals surface area contributed by atoms with Crippen molar-refractivity contribution >= 4 is 69.9 Å². The van der Waals surface area contributed by atoms with Crippen LogP contribution in [0.1, 0.15) is 17.5 Å². The van der Waals surface area contributed by atoms with Gasteiger partial charge in [-0.3, -0.25) is 0 Å². The van der Waals surface area contributed by atoms with Gasteiger partial charge in [-0.1, -0.05) is 36.4 Å². The number of allylic oxidation sites excluding steroid dienone is 1. The molecule has 0 saturated heterocycles. The predicted octanol–water partition coefficient (Wildman–Crippen LogP) is 11.0. The molecule has 2 nitrogen and oxygen atoms in total. The Morgan fingerprint density at radius 3 is 1.85 bits per heavy atom. The molecule has 0 bridgehead atoms. The third-order valence-corrected chi connectivity index (χ3v) is 9.33. The van der Waals surface area contributed by atoms with Crippen LogP contribution in [0.15, 0.2) is 112 Å². The molecule has 0 fully saturated rings. The molecule has 0 radical (unpaired) electrons. The molecule has 0 saturated carbocycles. The number of benzene rings is 5. The number of rotatable bonds is 2. The molecule has 1 aliphatic rings. The zero-order valence-electron chi connectivity index (χ0n) is 21.0. The fraction of sp³-hybridized carbons (Fsp3) is 0.0556. The largest absolute Gasteiger partial charge is 0.464 e. The van der Waals surface area contributed by atoms with Crippen LogP contribution in [0.2, 0.25) is 0 Å². The molecule has 3 aromatic heterocycles. The molecule has 0 N–H and O–H groups in total. The summed E-state index contributed by atoms with van der Waals surface area (Å²) < 4.78 is 14.4. The van der Waals surface area contributed by atoms with Gasteiger partial charge < -0.3 is 8.83 Å². The Bertz CT molecular complexity index is 2260. The fourth-order valence-corrected chi connectivity index (χ4v) is 7.69. The molecule has 8 aromatic rings. The summed E-state index contributed by atoms with van der Waals surface area (Å²) in [6.45, 7) is 0. The Morgan fingerprint density at radius 1 is 0.590 bits per heavy atom. The van der Waals surface area contributed by atoms with Gasteiger partial charge in [0, 0.05) is 31.3 Å². The average Bonchev–Trinajstić information content (AvgIpc) is 3.75. The first kappa shape index (κ1) is 21.3. The highest BCUT2D eigenvalue weighted by molar-refractivity contribution is 7.26. The molecule has 0 amide bonds. The summed E-state index contributed by atoms with van der Waals surface area (Å²) in [6, 6.07) is 30.9. The topological polar surface area (TPSA) is 26.3 Å².